The lowest BCUT2D eigenvalue weighted by Gasteiger charge is -2.40. The van der Waals surface area contributed by atoms with Gasteiger partial charge in [-0.05, 0) is 18.3 Å². The van der Waals surface area contributed by atoms with Gasteiger partial charge >= 0.3 is 5.97 Å². The molecule has 1 saturated carbocycles. The number of hydrogen-bond acceptors (Lipinski definition) is 4. The molecule has 0 bridgehead atoms. The fraction of sp³-hybridized carbons (Fsp3) is 0.500. The predicted octanol–water partition coefficient (Wildman–Crippen LogP) is 1.50. The van der Waals surface area contributed by atoms with Crippen molar-refractivity contribution >= 4 is 23.5 Å². The van der Waals surface area contributed by atoms with Crippen molar-refractivity contribution in [3.05, 3.63) is 23.2 Å². The normalized spacial score (nSPS) is 16.5. The van der Waals surface area contributed by atoms with Crippen LogP contribution in [0.15, 0.2) is 12.4 Å². The molecule has 2 N–H and O–H groups in total. The molecular formula is C12H14ClN3O3. The maximum Gasteiger partial charge on any atom is 0.303 e. The molecule has 1 aliphatic carbocycles. The minimum atomic E-state index is -0.837. The fourth-order valence-electron chi connectivity index (χ4n) is 2.22. The molecule has 1 amide bonds. The Bertz CT molecular complexity index is 503. The van der Waals surface area contributed by atoms with E-state index in [4.69, 9.17) is 16.7 Å². The smallest absolute Gasteiger partial charge is 0.303 e. The van der Waals surface area contributed by atoms with Crippen molar-refractivity contribution in [1.29, 1.82) is 0 Å². The third-order valence-corrected chi connectivity index (χ3v) is 3.58. The Morgan fingerprint density at radius 3 is 2.68 bits per heavy atom. The number of rotatable bonds is 5. The van der Waals surface area contributed by atoms with Crippen molar-refractivity contribution < 1.29 is 14.7 Å². The lowest BCUT2D eigenvalue weighted by molar-refractivity contribution is -0.141. The summed E-state index contributed by atoms with van der Waals surface area (Å²) in [6.45, 7) is 0.340. The van der Waals surface area contributed by atoms with E-state index in [0.29, 0.717) is 6.54 Å². The molecule has 2 rings (SSSR count). The molecule has 0 aliphatic heterocycles. The Balaban J connectivity index is 1.94. The average Bonchev–Trinajstić information content (AvgIpc) is 2.31. The van der Waals surface area contributed by atoms with E-state index in [0.717, 1.165) is 19.3 Å². The molecule has 102 valence electrons. The fourth-order valence-corrected chi connectivity index (χ4v) is 2.37. The highest BCUT2D eigenvalue weighted by Crippen LogP contribution is 2.43. The van der Waals surface area contributed by atoms with Crippen molar-refractivity contribution in [3.63, 3.8) is 0 Å². The number of carbonyl (C=O) groups excluding carboxylic acids is 1. The van der Waals surface area contributed by atoms with Gasteiger partial charge in [-0.15, -0.1) is 0 Å². The van der Waals surface area contributed by atoms with E-state index in [2.05, 4.69) is 15.3 Å². The zero-order chi connectivity index (χ0) is 13.9. The Hall–Kier alpha value is -1.69. The molecule has 0 atom stereocenters. The number of amides is 1. The molecule has 0 radical (unpaired) electrons. The van der Waals surface area contributed by atoms with Crippen molar-refractivity contribution in [3.8, 4) is 0 Å². The number of carboxylic acid groups (broad SMARTS) is 1. The highest BCUT2D eigenvalue weighted by molar-refractivity contribution is 6.29. The Labute approximate surface area is 115 Å². The topological polar surface area (TPSA) is 92.2 Å². The molecule has 19 heavy (non-hydrogen) atoms. The Morgan fingerprint density at radius 2 is 2.16 bits per heavy atom. The minimum Gasteiger partial charge on any atom is -0.481 e. The summed E-state index contributed by atoms with van der Waals surface area (Å²) < 4.78 is 0. The summed E-state index contributed by atoms with van der Waals surface area (Å²) in [5, 5.41) is 11.7. The summed E-state index contributed by atoms with van der Waals surface area (Å²) >= 11 is 5.65. The standard InChI is InChI=1S/C12H14ClN3O3/c13-9-6-14-5-8(16-9)11(19)15-7-12(2-1-3-12)4-10(17)18/h5-6H,1-4,7H2,(H,15,19)(H,17,18). The first-order chi connectivity index (χ1) is 9.01. The van der Waals surface area contributed by atoms with Crippen LogP contribution < -0.4 is 5.32 Å². The monoisotopic (exact) mass is 283 g/mol. The number of carbonyl (C=O) groups is 2. The van der Waals surface area contributed by atoms with Gasteiger partial charge in [-0.1, -0.05) is 18.0 Å². The van der Waals surface area contributed by atoms with Crippen LogP contribution in [-0.4, -0.2) is 33.5 Å². The lowest BCUT2D eigenvalue weighted by atomic mass is 9.66. The second kappa shape index (κ2) is 5.52. The van der Waals surface area contributed by atoms with E-state index in [-0.39, 0.29) is 28.6 Å². The second-order valence-electron chi connectivity index (χ2n) is 4.83. The first kappa shape index (κ1) is 13.7. The van der Waals surface area contributed by atoms with Gasteiger partial charge in [-0.3, -0.25) is 14.6 Å². The summed E-state index contributed by atoms with van der Waals surface area (Å²) in [5.41, 5.74) is -0.176. The first-order valence-corrected chi connectivity index (χ1v) is 6.36. The second-order valence-corrected chi connectivity index (χ2v) is 5.22. The maximum absolute atomic E-state index is 11.8. The van der Waals surface area contributed by atoms with E-state index in [1.165, 1.54) is 12.4 Å². The zero-order valence-corrected chi connectivity index (χ0v) is 11.0. The van der Waals surface area contributed by atoms with Crippen molar-refractivity contribution in [2.24, 2.45) is 5.41 Å². The highest BCUT2D eigenvalue weighted by atomic mass is 35.5. The molecule has 7 heteroatoms. The van der Waals surface area contributed by atoms with Crippen LogP contribution in [0.2, 0.25) is 5.15 Å². The molecule has 0 spiro atoms. The number of carboxylic acids is 1. The van der Waals surface area contributed by atoms with Crippen LogP contribution in [0.3, 0.4) is 0 Å². The van der Waals surface area contributed by atoms with Gasteiger partial charge in [0.15, 0.2) is 0 Å². The molecule has 1 aliphatic rings. The SMILES string of the molecule is O=C(O)CC1(CNC(=O)c2cncc(Cl)n2)CCC1. The summed E-state index contributed by atoms with van der Waals surface area (Å²) in [7, 11) is 0. The minimum absolute atomic E-state index is 0.0779. The molecule has 6 nitrogen and oxygen atoms in total. The molecular weight excluding hydrogens is 270 g/mol. The van der Waals surface area contributed by atoms with E-state index in [9.17, 15) is 9.59 Å². The number of aromatic nitrogens is 2. The number of halogens is 1. The largest absolute Gasteiger partial charge is 0.481 e. The van der Waals surface area contributed by atoms with Crippen LogP contribution in [0.5, 0.6) is 0 Å². The van der Waals surface area contributed by atoms with E-state index >= 15 is 0 Å². The van der Waals surface area contributed by atoms with Crippen LogP contribution >= 0.6 is 11.6 Å². The summed E-state index contributed by atoms with van der Waals surface area (Å²) in [5.74, 6) is -1.22. The first-order valence-electron chi connectivity index (χ1n) is 5.98. The summed E-state index contributed by atoms with van der Waals surface area (Å²) in [6.07, 6.45) is 5.39. The van der Waals surface area contributed by atoms with E-state index in [1.807, 2.05) is 0 Å². The number of hydrogen-bond donors (Lipinski definition) is 2. The quantitative estimate of drug-likeness (QED) is 0.854. The van der Waals surface area contributed by atoms with Gasteiger partial charge in [0.1, 0.15) is 10.8 Å². The van der Waals surface area contributed by atoms with Crippen LogP contribution in [-0.2, 0) is 4.79 Å². The lowest BCUT2D eigenvalue weighted by Crippen LogP contribution is -2.43. The van der Waals surface area contributed by atoms with Crippen molar-refractivity contribution in [2.45, 2.75) is 25.7 Å². The third-order valence-electron chi connectivity index (χ3n) is 3.40. The summed E-state index contributed by atoms with van der Waals surface area (Å²) in [6, 6.07) is 0. The molecule has 1 aromatic rings. The van der Waals surface area contributed by atoms with Crippen molar-refractivity contribution in [1.82, 2.24) is 15.3 Å². The molecule has 0 aromatic carbocycles. The van der Waals surface area contributed by atoms with Crippen LogP contribution in [0.25, 0.3) is 0 Å². The molecule has 0 saturated heterocycles. The van der Waals surface area contributed by atoms with Gasteiger partial charge in [0.25, 0.3) is 5.91 Å². The average molecular weight is 284 g/mol. The molecule has 1 fully saturated rings. The van der Waals surface area contributed by atoms with Crippen LogP contribution in [0.4, 0.5) is 0 Å². The van der Waals surface area contributed by atoms with Gasteiger partial charge in [-0.2, -0.15) is 0 Å². The molecule has 0 unspecified atom stereocenters. The van der Waals surface area contributed by atoms with Gasteiger partial charge in [0, 0.05) is 6.54 Å². The number of aliphatic carboxylic acids is 1. The van der Waals surface area contributed by atoms with E-state index in [1.54, 1.807) is 0 Å². The van der Waals surface area contributed by atoms with Crippen LogP contribution in [0, 0.1) is 5.41 Å². The van der Waals surface area contributed by atoms with Crippen molar-refractivity contribution in [2.75, 3.05) is 6.54 Å². The zero-order valence-electron chi connectivity index (χ0n) is 10.2. The summed E-state index contributed by atoms with van der Waals surface area (Å²) in [4.78, 5) is 30.3. The molecule has 1 heterocycles. The van der Waals surface area contributed by atoms with Gasteiger partial charge < -0.3 is 10.4 Å². The third kappa shape index (κ3) is 3.41. The van der Waals surface area contributed by atoms with Crippen LogP contribution in [0.1, 0.15) is 36.2 Å². The predicted molar refractivity (Wildman–Crippen MR) is 67.9 cm³/mol. The molecule has 1 aromatic heterocycles. The maximum atomic E-state index is 11.8. The number of nitrogens with zero attached hydrogens (tertiary/aromatic N) is 2. The van der Waals surface area contributed by atoms with Gasteiger partial charge in [0.05, 0.1) is 18.8 Å². The number of nitrogens with one attached hydrogen (secondary N) is 1. The Kier molecular flexibility index (Phi) is 3.99. The van der Waals surface area contributed by atoms with Gasteiger partial charge in [0.2, 0.25) is 0 Å². The highest BCUT2D eigenvalue weighted by Gasteiger charge is 2.39. The Morgan fingerprint density at radius 1 is 1.42 bits per heavy atom. The van der Waals surface area contributed by atoms with Gasteiger partial charge in [-0.25, -0.2) is 4.98 Å². The van der Waals surface area contributed by atoms with E-state index < -0.39 is 5.97 Å².